The molecule has 17 heavy (non-hydrogen) atoms. The molecule has 7 heteroatoms. The number of fused-ring (bicyclic) bond motifs is 1. The molecule has 0 aliphatic carbocycles. The van der Waals surface area contributed by atoms with Gasteiger partial charge in [0, 0.05) is 11.9 Å². The Morgan fingerprint density at radius 2 is 2.18 bits per heavy atom. The standard InChI is InChI=1S/C10H11N7/c1-7(17-6-12-5-13-17)10-15-14-9-3-2-8(11)4-16(9)10/h2-7H,11H2,1H3. The Hall–Kier alpha value is -2.44. The number of aromatic nitrogens is 6. The minimum atomic E-state index is -0.0469. The van der Waals surface area contributed by atoms with Crippen LogP contribution in [0, 0.1) is 0 Å². The molecule has 1 unspecified atom stereocenters. The molecule has 0 bridgehead atoms. The lowest BCUT2D eigenvalue weighted by molar-refractivity contribution is 0.530. The summed E-state index contributed by atoms with van der Waals surface area (Å²) in [5.74, 6) is 0.776. The Bertz CT molecular complexity index is 640. The molecule has 1 atom stereocenters. The van der Waals surface area contributed by atoms with Crippen molar-refractivity contribution in [3.8, 4) is 0 Å². The van der Waals surface area contributed by atoms with Crippen LogP contribution in [-0.2, 0) is 0 Å². The van der Waals surface area contributed by atoms with Crippen LogP contribution in [0.1, 0.15) is 18.8 Å². The van der Waals surface area contributed by atoms with Crippen molar-refractivity contribution in [1.29, 1.82) is 0 Å². The van der Waals surface area contributed by atoms with Crippen LogP contribution in [0.5, 0.6) is 0 Å². The van der Waals surface area contributed by atoms with Gasteiger partial charge in [-0.2, -0.15) is 5.10 Å². The monoisotopic (exact) mass is 229 g/mol. The lowest BCUT2D eigenvalue weighted by Crippen LogP contribution is -2.11. The van der Waals surface area contributed by atoms with E-state index in [-0.39, 0.29) is 6.04 Å². The topological polar surface area (TPSA) is 86.9 Å². The first-order chi connectivity index (χ1) is 8.25. The van der Waals surface area contributed by atoms with Crippen molar-refractivity contribution in [3.63, 3.8) is 0 Å². The normalized spacial score (nSPS) is 13.0. The van der Waals surface area contributed by atoms with E-state index in [0.717, 1.165) is 11.5 Å². The van der Waals surface area contributed by atoms with Crippen LogP contribution in [-0.4, -0.2) is 29.4 Å². The van der Waals surface area contributed by atoms with Gasteiger partial charge >= 0.3 is 0 Å². The van der Waals surface area contributed by atoms with Crippen LogP contribution < -0.4 is 5.73 Å². The van der Waals surface area contributed by atoms with E-state index in [1.807, 2.05) is 17.4 Å². The smallest absolute Gasteiger partial charge is 0.162 e. The third kappa shape index (κ3) is 1.52. The minimum absolute atomic E-state index is 0.0469. The SMILES string of the molecule is CC(c1nnc2ccc(N)cn12)n1cncn1. The van der Waals surface area contributed by atoms with Crippen molar-refractivity contribution in [2.45, 2.75) is 13.0 Å². The van der Waals surface area contributed by atoms with E-state index in [1.165, 1.54) is 6.33 Å². The molecule has 0 aliphatic heterocycles. The molecule has 3 aromatic rings. The molecule has 0 aromatic carbocycles. The van der Waals surface area contributed by atoms with E-state index in [2.05, 4.69) is 20.3 Å². The lowest BCUT2D eigenvalue weighted by atomic mass is 10.3. The van der Waals surface area contributed by atoms with E-state index < -0.39 is 0 Å². The quantitative estimate of drug-likeness (QED) is 0.692. The Balaban J connectivity index is 2.14. The van der Waals surface area contributed by atoms with Gasteiger partial charge in [0.15, 0.2) is 11.5 Å². The van der Waals surface area contributed by atoms with Crippen LogP contribution in [0.3, 0.4) is 0 Å². The molecule has 2 N–H and O–H groups in total. The zero-order valence-electron chi connectivity index (χ0n) is 9.22. The van der Waals surface area contributed by atoms with Crippen molar-refractivity contribution < 1.29 is 0 Å². The summed E-state index contributed by atoms with van der Waals surface area (Å²) >= 11 is 0. The van der Waals surface area contributed by atoms with Crippen molar-refractivity contribution in [3.05, 3.63) is 36.8 Å². The molecule has 0 spiro atoms. The minimum Gasteiger partial charge on any atom is -0.398 e. The van der Waals surface area contributed by atoms with Gasteiger partial charge in [0.05, 0.1) is 0 Å². The number of hydrogen-bond acceptors (Lipinski definition) is 5. The number of nitrogens with zero attached hydrogens (tertiary/aromatic N) is 6. The van der Waals surface area contributed by atoms with Gasteiger partial charge < -0.3 is 5.73 Å². The fourth-order valence-electron chi connectivity index (χ4n) is 1.75. The molecule has 0 aliphatic rings. The zero-order chi connectivity index (χ0) is 11.8. The number of pyridine rings is 1. The van der Waals surface area contributed by atoms with Crippen LogP contribution >= 0.6 is 0 Å². The van der Waals surface area contributed by atoms with E-state index in [0.29, 0.717) is 5.69 Å². The number of hydrogen-bond donors (Lipinski definition) is 1. The van der Waals surface area contributed by atoms with Gasteiger partial charge in [-0.1, -0.05) is 0 Å². The van der Waals surface area contributed by atoms with Crippen LogP contribution in [0.2, 0.25) is 0 Å². The Morgan fingerprint density at radius 3 is 2.94 bits per heavy atom. The van der Waals surface area contributed by atoms with Gasteiger partial charge in [-0.15, -0.1) is 10.2 Å². The van der Waals surface area contributed by atoms with E-state index in [1.54, 1.807) is 23.3 Å². The number of anilines is 1. The third-order valence-corrected chi connectivity index (χ3v) is 2.66. The fraction of sp³-hybridized carbons (Fsp3) is 0.200. The lowest BCUT2D eigenvalue weighted by Gasteiger charge is -2.09. The van der Waals surface area contributed by atoms with Gasteiger partial charge in [0.2, 0.25) is 0 Å². The summed E-state index contributed by atoms with van der Waals surface area (Å²) in [6, 6.07) is 3.59. The maximum Gasteiger partial charge on any atom is 0.162 e. The van der Waals surface area contributed by atoms with Gasteiger partial charge in [-0.25, -0.2) is 9.67 Å². The molecular formula is C10H11N7. The van der Waals surface area contributed by atoms with Crippen molar-refractivity contribution in [2.24, 2.45) is 0 Å². The van der Waals surface area contributed by atoms with Crippen molar-refractivity contribution in [2.75, 3.05) is 5.73 Å². The number of nitrogen functional groups attached to an aromatic ring is 1. The average Bonchev–Trinajstić information content (AvgIpc) is 2.97. The second-order valence-corrected chi connectivity index (χ2v) is 3.80. The maximum absolute atomic E-state index is 5.76. The highest BCUT2D eigenvalue weighted by Crippen LogP contribution is 2.16. The van der Waals surface area contributed by atoms with Gasteiger partial charge in [0.25, 0.3) is 0 Å². The van der Waals surface area contributed by atoms with E-state index in [4.69, 9.17) is 5.73 Å². The first-order valence-electron chi connectivity index (χ1n) is 5.20. The molecule has 0 fully saturated rings. The molecule has 0 amide bonds. The molecule has 7 nitrogen and oxygen atoms in total. The third-order valence-electron chi connectivity index (χ3n) is 2.66. The highest BCUT2D eigenvalue weighted by Gasteiger charge is 2.15. The van der Waals surface area contributed by atoms with E-state index in [9.17, 15) is 0 Å². The predicted octanol–water partition coefficient (Wildman–Crippen LogP) is 0.512. The largest absolute Gasteiger partial charge is 0.398 e. The van der Waals surface area contributed by atoms with Gasteiger partial charge in [-0.3, -0.25) is 4.40 Å². The second-order valence-electron chi connectivity index (χ2n) is 3.80. The Labute approximate surface area is 96.9 Å². The van der Waals surface area contributed by atoms with Crippen LogP contribution in [0.15, 0.2) is 31.0 Å². The van der Waals surface area contributed by atoms with Crippen LogP contribution in [0.25, 0.3) is 5.65 Å². The average molecular weight is 229 g/mol. The van der Waals surface area contributed by atoms with E-state index >= 15 is 0 Å². The fourth-order valence-corrected chi connectivity index (χ4v) is 1.75. The van der Waals surface area contributed by atoms with Crippen molar-refractivity contribution >= 4 is 11.3 Å². The highest BCUT2D eigenvalue weighted by molar-refractivity contribution is 5.47. The predicted molar refractivity (Wildman–Crippen MR) is 61.2 cm³/mol. The molecule has 0 saturated heterocycles. The maximum atomic E-state index is 5.76. The Kier molecular flexibility index (Phi) is 2.04. The first kappa shape index (κ1) is 9.76. The summed E-state index contributed by atoms with van der Waals surface area (Å²) in [5.41, 5.74) is 7.20. The highest BCUT2D eigenvalue weighted by atomic mass is 15.4. The van der Waals surface area contributed by atoms with Gasteiger partial charge in [0.1, 0.15) is 18.7 Å². The van der Waals surface area contributed by atoms with Gasteiger partial charge in [-0.05, 0) is 19.1 Å². The zero-order valence-corrected chi connectivity index (χ0v) is 9.22. The molecule has 3 heterocycles. The molecule has 3 aromatic heterocycles. The summed E-state index contributed by atoms with van der Waals surface area (Å²) in [5, 5.41) is 12.3. The van der Waals surface area contributed by atoms with Crippen LogP contribution in [0.4, 0.5) is 5.69 Å². The summed E-state index contributed by atoms with van der Waals surface area (Å²) in [7, 11) is 0. The molecule has 86 valence electrons. The summed E-state index contributed by atoms with van der Waals surface area (Å²) in [6.45, 7) is 1.98. The summed E-state index contributed by atoms with van der Waals surface area (Å²) in [6.07, 6.45) is 4.95. The second kappa shape index (κ2) is 3.55. The molecule has 0 radical (unpaired) electrons. The summed E-state index contributed by atoms with van der Waals surface area (Å²) in [4.78, 5) is 3.92. The van der Waals surface area contributed by atoms with Crippen molar-refractivity contribution in [1.82, 2.24) is 29.4 Å². The Morgan fingerprint density at radius 1 is 1.29 bits per heavy atom. The number of nitrogens with two attached hydrogens (primary N) is 1. The molecule has 3 rings (SSSR count). The summed E-state index contributed by atoms with van der Waals surface area (Å²) < 4.78 is 3.58. The first-order valence-corrected chi connectivity index (χ1v) is 5.20. The molecule has 0 saturated carbocycles. The number of rotatable bonds is 2. The molecular weight excluding hydrogens is 218 g/mol.